The van der Waals surface area contributed by atoms with E-state index in [0.717, 1.165) is 6.42 Å². The van der Waals surface area contributed by atoms with Crippen LogP contribution in [0, 0.1) is 0 Å². The minimum atomic E-state index is -0.888. The van der Waals surface area contributed by atoms with Crippen LogP contribution >= 0.6 is 0 Å². The summed E-state index contributed by atoms with van der Waals surface area (Å²) in [6.45, 7) is 2.52. The molecule has 6 nitrogen and oxygen atoms in total. The van der Waals surface area contributed by atoms with Crippen molar-refractivity contribution in [1.82, 2.24) is 4.98 Å². The third kappa shape index (κ3) is 2.14. The van der Waals surface area contributed by atoms with E-state index < -0.39 is 17.4 Å². The summed E-state index contributed by atoms with van der Waals surface area (Å²) in [4.78, 5) is 28.5. The average molecular weight is 263 g/mol. The van der Waals surface area contributed by atoms with Crippen LogP contribution in [0.25, 0.3) is 0 Å². The van der Waals surface area contributed by atoms with E-state index in [9.17, 15) is 14.7 Å². The summed E-state index contributed by atoms with van der Waals surface area (Å²) >= 11 is 0. The van der Waals surface area contributed by atoms with Gasteiger partial charge in [-0.25, -0.2) is 9.78 Å². The van der Waals surface area contributed by atoms with Gasteiger partial charge < -0.3 is 15.7 Å². The zero-order valence-electron chi connectivity index (χ0n) is 10.8. The van der Waals surface area contributed by atoms with Crippen LogP contribution in [0.3, 0.4) is 0 Å². The number of nitrogens with zero attached hydrogens (tertiary/aromatic N) is 2. The first-order chi connectivity index (χ1) is 9.01. The van der Waals surface area contributed by atoms with Crippen LogP contribution in [-0.4, -0.2) is 34.1 Å². The quantitative estimate of drug-likeness (QED) is 0.845. The van der Waals surface area contributed by atoms with Crippen molar-refractivity contribution in [2.45, 2.75) is 31.7 Å². The Kier molecular flexibility index (Phi) is 3.42. The smallest absolute Gasteiger partial charge is 0.329 e. The van der Waals surface area contributed by atoms with E-state index in [1.54, 1.807) is 17.0 Å². The fourth-order valence-electron chi connectivity index (χ4n) is 2.65. The molecule has 1 saturated heterocycles. The highest BCUT2D eigenvalue weighted by molar-refractivity contribution is 5.92. The van der Waals surface area contributed by atoms with E-state index in [1.165, 1.54) is 6.20 Å². The number of aromatic nitrogens is 1. The molecule has 19 heavy (non-hydrogen) atoms. The molecule has 0 aromatic carbocycles. The number of hydrogen-bond acceptors (Lipinski definition) is 4. The zero-order valence-corrected chi connectivity index (χ0v) is 10.8. The summed E-state index contributed by atoms with van der Waals surface area (Å²) < 4.78 is 0. The number of carbonyl (C=O) groups is 2. The number of amides is 1. The molecule has 102 valence electrons. The normalized spacial score (nSPS) is 22.5. The lowest BCUT2D eigenvalue weighted by molar-refractivity contribution is -0.143. The summed E-state index contributed by atoms with van der Waals surface area (Å²) in [5, 5.41) is 9.49. The van der Waals surface area contributed by atoms with Crippen molar-refractivity contribution in [2.24, 2.45) is 5.73 Å². The molecule has 0 aliphatic carbocycles. The fraction of sp³-hybridized carbons (Fsp3) is 0.462. The summed E-state index contributed by atoms with van der Waals surface area (Å²) in [5.74, 6) is -0.791. The van der Waals surface area contributed by atoms with Crippen molar-refractivity contribution < 1.29 is 14.7 Å². The van der Waals surface area contributed by atoms with Gasteiger partial charge in [0.2, 0.25) is 5.91 Å². The highest BCUT2D eigenvalue weighted by Gasteiger charge is 2.46. The molecular weight excluding hydrogens is 246 g/mol. The highest BCUT2D eigenvalue weighted by Crippen LogP contribution is 2.35. The second-order valence-corrected chi connectivity index (χ2v) is 4.71. The molecule has 0 spiro atoms. The van der Waals surface area contributed by atoms with Crippen molar-refractivity contribution in [3.05, 3.63) is 23.9 Å². The number of pyridine rings is 1. The van der Waals surface area contributed by atoms with Gasteiger partial charge in [0.25, 0.3) is 0 Å². The number of rotatable bonds is 4. The van der Waals surface area contributed by atoms with Crippen LogP contribution in [0.15, 0.2) is 18.3 Å². The molecule has 0 radical (unpaired) electrons. The second kappa shape index (κ2) is 4.87. The molecule has 1 aliphatic rings. The van der Waals surface area contributed by atoms with E-state index in [-0.39, 0.29) is 0 Å². The maximum atomic E-state index is 11.6. The maximum absolute atomic E-state index is 11.6. The first-order valence-corrected chi connectivity index (χ1v) is 6.28. The molecule has 1 amide bonds. The average Bonchev–Trinajstić information content (AvgIpc) is 2.83. The Morgan fingerprint density at radius 1 is 1.53 bits per heavy atom. The Hall–Kier alpha value is -2.11. The van der Waals surface area contributed by atoms with Gasteiger partial charge in [0.05, 0.1) is 5.56 Å². The molecule has 1 aromatic heterocycles. The third-order valence-electron chi connectivity index (χ3n) is 3.78. The third-order valence-corrected chi connectivity index (χ3v) is 3.78. The predicted octanol–water partition coefficient (Wildman–Crippen LogP) is 1.01. The Labute approximate surface area is 111 Å². The molecule has 1 aromatic rings. The molecule has 1 atom stereocenters. The largest absolute Gasteiger partial charge is 0.479 e. The van der Waals surface area contributed by atoms with Crippen LogP contribution in [0.2, 0.25) is 0 Å². The van der Waals surface area contributed by atoms with E-state index in [0.29, 0.717) is 30.8 Å². The van der Waals surface area contributed by atoms with E-state index in [1.807, 2.05) is 6.92 Å². The maximum Gasteiger partial charge on any atom is 0.329 e. The molecule has 1 aliphatic heterocycles. The molecule has 0 bridgehead atoms. The van der Waals surface area contributed by atoms with Crippen molar-refractivity contribution in [1.29, 1.82) is 0 Å². The number of nitrogens with two attached hydrogens (primary N) is 1. The van der Waals surface area contributed by atoms with Gasteiger partial charge in [-0.15, -0.1) is 0 Å². The minimum Gasteiger partial charge on any atom is -0.479 e. The number of aliphatic carboxylic acids is 1. The van der Waals surface area contributed by atoms with Gasteiger partial charge in [0, 0.05) is 12.7 Å². The highest BCUT2D eigenvalue weighted by atomic mass is 16.4. The van der Waals surface area contributed by atoms with Gasteiger partial charge in [-0.3, -0.25) is 4.79 Å². The number of primary amides is 1. The predicted molar refractivity (Wildman–Crippen MR) is 70.0 cm³/mol. The van der Waals surface area contributed by atoms with Crippen molar-refractivity contribution >= 4 is 17.7 Å². The van der Waals surface area contributed by atoms with Crippen molar-refractivity contribution in [3.63, 3.8) is 0 Å². The number of anilines is 1. The number of carboxylic acids is 1. The van der Waals surface area contributed by atoms with E-state index >= 15 is 0 Å². The van der Waals surface area contributed by atoms with Crippen LogP contribution in [0.4, 0.5) is 5.82 Å². The Bertz CT molecular complexity index is 500. The first-order valence-electron chi connectivity index (χ1n) is 6.28. The Balaban J connectivity index is 2.34. The summed E-state index contributed by atoms with van der Waals surface area (Å²) in [6.07, 6.45) is 3.33. The van der Waals surface area contributed by atoms with Crippen molar-refractivity contribution in [3.8, 4) is 0 Å². The minimum absolute atomic E-state index is 0.320. The van der Waals surface area contributed by atoms with Gasteiger partial charge in [-0.05, 0) is 31.4 Å². The van der Waals surface area contributed by atoms with Gasteiger partial charge >= 0.3 is 5.97 Å². The molecule has 6 heteroatoms. The SMILES string of the molecule is CCC1(C(=O)O)CCCN1c1ccc(C(N)=O)cn1. The second-order valence-electron chi connectivity index (χ2n) is 4.71. The van der Waals surface area contributed by atoms with E-state index in [4.69, 9.17) is 5.73 Å². The van der Waals surface area contributed by atoms with E-state index in [2.05, 4.69) is 4.98 Å². The molecule has 0 saturated carbocycles. The van der Waals surface area contributed by atoms with Gasteiger partial charge in [-0.1, -0.05) is 6.92 Å². The fourth-order valence-corrected chi connectivity index (χ4v) is 2.65. The lowest BCUT2D eigenvalue weighted by Gasteiger charge is -2.34. The first kappa shape index (κ1) is 13.3. The zero-order chi connectivity index (χ0) is 14.0. The monoisotopic (exact) mass is 263 g/mol. The Morgan fingerprint density at radius 2 is 2.26 bits per heavy atom. The van der Waals surface area contributed by atoms with Gasteiger partial charge in [-0.2, -0.15) is 0 Å². The summed E-state index contributed by atoms with van der Waals surface area (Å²) in [7, 11) is 0. The summed E-state index contributed by atoms with van der Waals surface area (Å²) in [6, 6.07) is 3.23. The lowest BCUT2D eigenvalue weighted by Crippen LogP contribution is -2.50. The molecule has 1 unspecified atom stereocenters. The molecule has 1 fully saturated rings. The topological polar surface area (TPSA) is 96.5 Å². The van der Waals surface area contributed by atoms with Crippen LogP contribution in [0.1, 0.15) is 36.5 Å². The molecule has 2 rings (SSSR count). The van der Waals surface area contributed by atoms with Crippen LogP contribution < -0.4 is 10.6 Å². The lowest BCUT2D eigenvalue weighted by atomic mass is 9.93. The molecular formula is C13H17N3O3. The molecule has 3 N–H and O–H groups in total. The number of carbonyl (C=O) groups excluding carboxylic acids is 1. The van der Waals surface area contributed by atoms with Crippen molar-refractivity contribution in [2.75, 3.05) is 11.4 Å². The van der Waals surface area contributed by atoms with Crippen LogP contribution in [-0.2, 0) is 4.79 Å². The Morgan fingerprint density at radius 3 is 2.74 bits per heavy atom. The number of hydrogen-bond donors (Lipinski definition) is 2. The standard InChI is InChI=1S/C13H17N3O3/c1-2-13(12(18)19)6-3-7-16(13)10-5-4-9(8-15-10)11(14)17/h4-5,8H,2-3,6-7H2,1H3,(H2,14,17)(H,18,19). The number of carboxylic acid groups (broad SMARTS) is 1. The van der Waals surface area contributed by atoms with Gasteiger partial charge in [0.1, 0.15) is 11.4 Å². The molecule has 2 heterocycles. The van der Waals surface area contributed by atoms with Crippen LogP contribution in [0.5, 0.6) is 0 Å². The van der Waals surface area contributed by atoms with Gasteiger partial charge in [0.15, 0.2) is 0 Å². The summed E-state index contributed by atoms with van der Waals surface area (Å²) in [5.41, 5.74) is 4.59.